The van der Waals surface area contributed by atoms with Crippen LogP contribution in [-0.2, 0) is 14.3 Å². The second-order valence-corrected chi connectivity index (χ2v) is 6.95. The molecule has 0 bridgehead atoms. The van der Waals surface area contributed by atoms with Gasteiger partial charge in [0.05, 0.1) is 18.8 Å². The fourth-order valence-electron chi connectivity index (χ4n) is 3.53. The summed E-state index contributed by atoms with van der Waals surface area (Å²) in [5.74, 6) is 0.866. The third kappa shape index (κ3) is 4.14. The second-order valence-electron chi connectivity index (χ2n) is 6.95. The fraction of sp³-hybridized carbons (Fsp3) is 0.474. The van der Waals surface area contributed by atoms with E-state index in [1.54, 1.807) is 23.5 Å². The molecule has 2 aliphatic heterocycles. The predicted octanol–water partition coefficient (Wildman–Crippen LogP) is 0.498. The van der Waals surface area contributed by atoms with E-state index in [9.17, 15) is 9.59 Å². The van der Waals surface area contributed by atoms with Gasteiger partial charge < -0.3 is 14.5 Å². The van der Waals surface area contributed by atoms with Gasteiger partial charge in [-0.1, -0.05) is 0 Å². The molecule has 4 rings (SSSR count). The maximum absolute atomic E-state index is 12.5. The van der Waals surface area contributed by atoms with E-state index in [1.165, 1.54) is 6.33 Å². The fourth-order valence-corrected chi connectivity index (χ4v) is 3.53. The van der Waals surface area contributed by atoms with Crippen LogP contribution in [-0.4, -0.2) is 80.9 Å². The van der Waals surface area contributed by atoms with Crippen molar-refractivity contribution in [1.82, 2.24) is 29.7 Å². The summed E-state index contributed by atoms with van der Waals surface area (Å²) in [5, 5.41) is 0. The van der Waals surface area contributed by atoms with Crippen molar-refractivity contribution >= 4 is 11.8 Å². The molecule has 2 amide bonds. The Morgan fingerprint density at radius 1 is 1.18 bits per heavy atom. The molecule has 4 heterocycles. The molecular formula is C19H22N6O3. The van der Waals surface area contributed by atoms with Crippen molar-refractivity contribution in [3.8, 4) is 11.3 Å². The van der Waals surface area contributed by atoms with E-state index in [4.69, 9.17) is 4.74 Å². The van der Waals surface area contributed by atoms with Gasteiger partial charge in [0.15, 0.2) is 0 Å². The smallest absolute Gasteiger partial charge is 0.249 e. The molecule has 2 aromatic heterocycles. The van der Waals surface area contributed by atoms with E-state index in [0.29, 0.717) is 26.2 Å². The monoisotopic (exact) mass is 382 g/mol. The van der Waals surface area contributed by atoms with Crippen LogP contribution in [0.15, 0.2) is 31.0 Å². The predicted molar refractivity (Wildman–Crippen MR) is 99.0 cm³/mol. The van der Waals surface area contributed by atoms with E-state index in [-0.39, 0.29) is 30.9 Å². The summed E-state index contributed by atoms with van der Waals surface area (Å²) in [6.45, 7) is 2.45. The normalized spacial score (nSPS) is 18.4. The molecule has 0 unspecified atom stereocenters. The maximum atomic E-state index is 12.5. The summed E-state index contributed by atoms with van der Waals surface area (Å²) in [7, 11) is 0. The van der Waals surface area contributed by atoms with Crippen LogP contribution in [0.1, 0.15) is 24.6 Å². The van der Waals surface area contributed by atoms with Gasteiger partial charge in [-0.25, -0.2) is 19.9 Å². The highest BCUT2D eigenvalue weighted by Gasteiger charge is 2.28. The van der Waals surface area contributed by atoms with Gasteiger partial charge in [-0.3, -0.25) is 9.59 Å². The molecule has 2 aliphatic rings. The minimum atomic E-state index is -0.121. The third-order valence-corrected chi connectivity index (χ3v) is 5.15. The van der Waals surface area contributed by atoms with Gasteiger partial charge in [-0.2, -0.15) is 0 Å². The second kappa shape index (κ2) is 8.39. The number of piperidine rings is 1. The number of morpholine rings is 1. The van der Waals surface area contributed by atoms with Gasteiger partial charge in [0, 0.05) is 49.7 Å². The highest BCUT2D eigenvalue weighted by atomic mass is 16.5. The molecule has 0 spiro atoms. The molecule has 9 heteroatoms. The van der Waals surface area contributed by atoms with E-state index in [0.717, 1.165) is 29.9 Å². The lowest BCUT2D eigenvalue weighted by Crippen LogP contribution is -2.49. The third-order valence-electron chi connectivity index (χ3n) is 5.15. The SMILES string of the molecule is O=C(CN1CCOCC1=O)N1CCC(c2nccc(-c3cncnc3)n2)CC1. The van der Waals surface area contributed by atoms with Gasteiger partial charge >= 0.3 is 0 Å². The Hall–Kier alpha value is -2.94. The minimum Gasteiger partial charge on any atom is -0.370 e. The lowest BCUT2D eigenvalue weighted by molar-refractivity contribution is -0.148. The molecule has 2 saturated heterocycles. The van der Waals surface area contributed by atoms with Crippen molar-refractivity contribution in [3.63, 3.8) is 0 Å². The number of carbonyl (C=O) groups excluding carboxylic acids is 2. The number of rotatable bonds is 4. The largest absolute Gasteiger partial charge is 0.370 e. The minimum absolute atomic E-state index is 0.00944. The number of carbonyl (C=O) groups is 2. The summed E-state index contributed by atoms with van der Waals surface area (Å²) < 4.78 is 5.11. The molecule has 0 N–H and O–H groups in total. The van der Waals surface area contributed by atoms with E-state index in [1.807, 2.05) is 11.0 Å². The molecule has 0 aromatic carbocycles. The Morgan fingerprint density at radius 2 is 1.96 bits per heavy atom. The quantitative estimate of drug-likeness (QED) is 0.759. The summed E-state index contributed by atoms with van der Waals surface area (Å²) in [4.78, 5) is 44.9. The number of hydrogen-bond acceptors (Lipinski definition) is 7. The molecule has 0 atom stereocenters. The van der Waals surface area contributed by atoms with E-state index < -0.39 is 0 Å². The topological polar surface area (TPSA) is 101 Å². The molecule has 28 heavy (non-hydrogen) atoms. The molecule has 0 saturated carbocycles. The zero-order chi connectivity index (χ0) is 19.3. The van der Waals surface area contributed by atoms with Gasteiger partial charge in [0.25, 0.3) is 0 Å². The van der Waals surface area contributed by atoms with Crippen molar-refractivity contribution < 1.29 is 14.3 Å². The van der Waals surface area contributed by atoms with E-state index in [2.05, 4.69) is 19.9 Å². The summed E-state index contributed by atoms with van der Waals surface area (Å²) >= 11 is 0. The zero-order valence-corrected chi connectivity index (χ0v) is 15.5. The van der Waals surface area contributed by atoms with Crippen LogP contribution in [0.25, 0.3) is 11.3 Å². The number of ether oxygens (including phenoxy) is 1. The highest BCUT2D eigenvalue weighted by Crippen LogP contribution is 2.27. The van der Waals surface area contributed by atoms with Crippen LogP contribution < -0.4 is 0 Å². The van der Waals surface area contributed by atoms with Crippen molar-refractivity contribution in [2.24, 2.45) is 0 Å². The standard InChI is InChI=1S/C19H22N6O3/c26-17(11-25-7-8-28-12-18(25)27)24-5-2-14(3-6-24)19-22-4-1-16(23-19)15-9-20-13-21-10-15/h1,4,9-10,13-14H,2-3,5-8,11-12H2. The Morgan fingerprint density at radius 3 is 2.71 bits per heavy atom. The Kier molecular flexibility index (Phi) is 5.52. The lowest BCUT2D eigenvalue weighted by Gasteiger charge is -2.34. The first-order valence-corrected chi connectivity index (χ1v) is 9.42. The number of aromatic nitrogens is 4. The first-order valence-electron chi connectivity index (χ1n) is 9.42. The van der Waals surface area contributed by atoms with Crippen LogP contribution in [0.5, 0.6) is 0 Å². The number of likely N-dealkylation sites (tertiary alicyclic amines) is 1. The van der Waals surface area contributed by atoms with Crippen molar-refractivity contribution in [2.75, 3.05) is 39.4 Å². The molecule has 146 valence electrons. The van der Waals surface area contributed by atoms with Crippen LogP contribution >= 0.6 is 0 Å². The average molecular weight is 382 g/mol. The summed E-state index contributed by atoms with van der Waals surface area (Å²) in [5.41, 5.74) is 1.66. The van der Waals surface area contributed by atoms with Crippen LogP contribution in [0.3, 0.4) is 0 Å². The van der Waals surface area contributed by atoms with Crippen molar-refractivity contribution in [3.05, 3.63) is 36.8 Å². The Bertz CT molecular complexity index is 839. The maximum Gasteiger partial charge on any atom is 0.249 e. The summed E-state index contributed by atoms with van der Waals surface area (Å²) in [6, 6.07) is 1.85. The Labute approximate surface area is 162 Å². The first kappa shape index (κ1) is 18.4. The van der Waals surface area contributed by atoms with Gasteiger partial charge in [-0.05, 0) is 18.9 Å². The van der Waals surface area contributed by atoms with Gasteiger partial charge in [0.1, 0.15) is 18.8 Å². The molecule has 9 nitrogen and oxygen atoms in total. The van der Waals surface area contributed by atoms with Crippen LogP contribution in [0.4, 0.5) is 0 Å². The molecule has 2 aromatic rings. The van der Waals surface area contributed by atoms with Crippen molar-refractivity contribution in [2.45, 2.75) is 18.8 Å². The molecule has 2 fully saturated rings. The van der Waals surface area contributed by atoms with Crippen LogP contribution in [0, 0.1) is 0 Å². The molecule has 0 radical (unpaired) electrons. The highest BCUT2D eigenvalue weighted by molar-refractivity contribution is 5.85. The molecule has 0 aliphatic carbocycles. The Balaban J connectivity index is 1.35. The van der Waals surface area contributed by atoms with E-state index >= 15 is 0 Å². The van der Waals surface area contributed by atoms with Gasteiger partial charge in [0.2, 0.25) is 11.8 Å². The van der Waals surface area contributed by atoms with Crippen LogP contribution in [0.2, 0.25) is 0 Å². The molecular weight excluding hydrogens is 360 g/mol. The summed E-state index contributed by atoms with van der Waals surface area (Å²) in [6.07, 6.45) is 8.31. The number of amides is 2. The zero-order valence-electron chi connectivity index (χ0n) is 15.5. The van der Waals surface area contributed by atoms with Gasteiger partial charge in [-0.15, -0.1) is 0 Å². The first-order chi connectivity index (χ1) is 13.7. The number of nitrogens with zero attached hydrogens (tertiary/aromatic N) is 6. The average Bonchev–Trinajstić information content (AvgIpc) is 2.76. The van der Waals surface area contributed by atoms with Crippen molar-refractivity contribution in [1.29, 1.82) is 0 Å². The number of hydrogen-bond donors (Lipinski definition) is 0. The lowest BCUT2D eigenvalue weighted by atomic mass is 9.95.